The molecule has 0 atom stereocenters. The van der Waals surface area contributed by atoms with Crippen molar-refractivity contribution in [3.8, 4) is 0 Å². The Morgan fingerprint density at radius 1 is 1.25 bits per heavy atom. The summed E-state index contributed by atoms with van der Waals surface area (Å²) in [6.07, 6.45) is 5.26. The zero-order valence-electron chi connectivity index (χ0n) is 11.5. The molecule has 4 nitrogen and oxygen atoms in total. The Kier molecular flexibility index (Phi) is 5.01. The van der Waals surface area contributed by atoms with E-state index in [4.69, 9.17) is 0 Å². The lowest BCUT2D eigenvalue weighted by Crippen LogP contribution is -2.15. The molecular weight excluding hydrogens is 270 g/mol. The van der Waals surface area contributed by atoms with Crippen molar-refractivity contribution in [2.75, 3.05) is 23.4 Å². The minimum atomic E-state index is -0.161. The number of thioether (sulfide) groups is 1. The van der Waals surface area contributed by atoms with Crippen LogP contribution in [0.15, 0.2) is 47.6 Å². The van der Waals surface area contributed by atoms with Crippen LogP contribution in [-0.4, -0.2) is 23.7 Å². The van der Waals surface area contributed by atoms with Crippen LogP contribution in [0.3, 0.4) is 0 Å². The lowest BCUT2D eigenvalue weighted by Gasteiger charge is -2.10. The quantitative estimate of drug-likeness (QED) is 0.827. The Balaban J connectivity index is 2.15. The first kappa shape index (κ1) is 14.4. The van der Waals surface area contributed by atoms with E-state index in [1.54, 1.807) is 30.2 Å². The molecule has 0 aliphatic heterocycles. The molecule has 0 saturated heterocycles. The van der Waals surface area contributed by atoms with Gasteiger partial charge < -0.3 is 10.6 Å². The average molecular weight is 287 g/mol. The highest BCUT2D eigenvalue weighted by atomic mass is 32.2. The van der Waals surface area contributed by atoms with E-state index in [1.165, 1.54) is 0 Å². The van der Waals surface area contributed by atoms with Gasteiger partial charge in [0.15, 0.2) is 0 Å². The number of carbonyl (C=O) groups excluding carboxylic acids is 1. The number of benzene rings is 1. The summed E-state index contributed by atoms with van der Waals surface area (Å²) in [7, 11) is 0. The summed E-state index contributed by atoms with van der Waals surface area (Å²) >= 11 is 1.67. The Morgan fingerprint density at radius 3 is 2.65 bits per heavy atom. The second-order valence-corrected chi connectivity index (χ2v) is 5.01. The van der Waals surface area contributed by atoms with Crippen molar-refractivity contribution in [1.29, 1.82) is 0 Å². The summed E-state index contributed by atoms with van der Waals surface area (Å²) in [6, 6.07) is 9.55. The molecule has 0 aliphatic carbocycles. The lowest BCUT2D eigenvalue weighted by atomic mass is 10.2. The van der Waals surface area contributed by atoms with Crippen LogP contribution < -0.4 is 10.6 Å². The highest BCUT2D eigenvalue weighted by Crippen LogP contribution is 2.19. The monoisotopic (exact) mass is 287 g/mol. The fourth-order valence-electron chi connectivity index (χ4n) is 1.79. The number of hydrogen-bond donors (Lipinski definition) is 2. The lowest BCUT2D eigenvalue weighted by molar-refractivity contribution is 0.102. The van der Waals surface area contributed by atoms with Gasteiger partial charge in [-0.15, -0.1) is 11.8 Å². The Hall–Kier alpha value is -2.01. The van der Waals surface area contributed by atoms with Gasteiger partial charge in [0.2, 0.25) is 0 Å². The molecule has 0 unspecified atom stereocenters. The van der Waals surface area contributed by atoms with Gasteiger partial charge in [-0.25, -0.2) is 0 Å². The van der Waals surface area contributed by atoms with Crippen LogP contribution in [0.25, 0.3) is 0 Å². The normalized spacial score (nSPS) is 10.1. The van der Waals surface area contributed by atoms with Crippen molar-refractivity contribution in [2.24, 2.45) is 0 Å². The largest absolute Gasteiger partial charge is 0.385 e. The van der Waals surface area contributed by atoms with Crippen LogP contribution in [0, 0.1) is 0 Å². The topological polar surface area (TPSA) is 54.0 Å². The highest BCUT2D eigenvalue weighted by molar-refractivity contribution is 7.98. The van der Waals surface area contributed by atoms with Crippen LogP contribution in [0.5, 0.6) is 0 Å². The van der Waals surface area contributed by atoms with Gasteiger partial charge in [0.25, 0.3) is 5.91 Å². The molecule has 2 N–H and O–H groups in total. The van der Waals surface area contributed by atoms with Gasteiger partial charge >= 0.3 is 0 Å². The minimum absolute atomic E-state index is 0.161. The molecule has 0 aliphatic rings. The van der Waals surface area contributed by atoms with Gasteiger partial charge in [-0.05, 0) is 43.5 Å². The van der Waals surface area contributed by atoms with E-state index >= 15 is 0 Å². The van der Waals surface area contributed by atoms with Crippen LogP contribution in [0.2, 0.25) is 0 Å². The maximum absolute atomic E-state index is 12.3. The third-order valence-electron chi connectivity index (χ3n) is 2.78. The van der Waals surface area contributed by atoms with Gasteiger partial charge in [0.05, 0.1) is 11.3 Å². The third kappa shape index (κ3) is 3.51. The average Bonchev–Trinajstić information content (AvgIpc) is 2.49. The first-order valence-electron chi connectivity index (χ1n) is 6.38. The van der Waals surface area contributed by atoms with Crippen molar-refractivity contribution >= 4 is 29.0 Å². The Bertz CT molecular complexity index is 584. The van der Waals surface area contributed by atoms with E-state index in [1.807, 2.05) is 37.4 Å². The first-order valence-corrected chi connectivity index (χ1v) is 7.60. The fourth-order valence-corrected chi connectivity index (χ4v) is 2.20. The molecule has 0 saturated carbocycles. The maximum Gasteiger partial charge on any atom is 0.259 e. The summed E-state index contributed by atoms with van der Waals surface area (Å²) in [5.41, 5.74) is 2.11. The minimum Gasteiger partial charge on any atom is -0.385 e. The molecule has 20 heavy (non-hydrogen) atoms. The molecule has 104 valence electrons. The van der Waals surface area contributed by atoms with Gasteiger partial charge in [0.1, 0.15) is 0 Å². The smallest absolute Gasteiger partial charge is 0.259 e. The molecular formula is C15H17N3OS. The van der Waals surface area contributed by atoms with E-state index in [2.05, 4.69) is 15.6 Å². The fraction of sp³-hybridized carbons (Fsp3) is 0.200. The van der Waals surface area contributed by atoms with Gasteiger partial charge in [-0.3, -0.25) is 9.78 Å². The van der Waals surface area contributed by atoms with E-state index in [0.29, 0.717) is 5.56 Å². The van der Waals surface area contributed by atoms with Gasteiger partial charge in [0, 0.05) is 29.5 Å². The summed E-state index contributed by atoms with van der Waals surface area (Å²) in [5, 5.41) is 6.04. The Morgan fingerprint density at radius 2 is 2.00 bits per heavy atom. The van der Waals surface area contributed by atoms with Crippen molar-refractivity contribution in [2.45, 2.75) is 11.8 Å². The zero-order chi connectivity index (χ0) is 14.4. The number of carbonyl (C=O) groups is 1. The highest BCUT2D eigenvalue weighted by Gasteiger charge is 2.11. The van der Waals surface area contributed by atoms with E-state index in [9.17, 15) is 4.79 Å². The summed E-state index contributed by atoms with van der Waals surface area (Å²) in [4.78, 5) is 17.4. The number of pyridine rings is 1. The molecule has 2 rings (SSSR count). The standard InChI is InChI=1S/C15H17N3OS/c1-3-17-14-8-9-16-10-13(14)15(19)18-11-4-6-12(20-2)7-5-11/h4-10H,3H2,1-2H3,(H,16,17)(H,18,19). The Labute approximate surface area is 123 Å². The predicted molar refractivity (Wildman–Crippen MR) is 84.6 cm³/mol. The SMILES string of the molecule is CCNc1ccncc1C(=O)Nc1ccc(SC)cc1. The molecule has 5 heteroatoms. The molecule has 0 radical (unpaired) electrons. The van der Waals surface area contributed by atoms with Crippen molar-refractivity contribution < 1.29 is 4.79 Å². The molecule has 2 aromatic rings. The number of nitrogens with zero attached hydrogens (tertiary/aromatic N) is 1. The number of nitrogens with one attached hydrogen (secondary N) is 2. The summed E-state index contributed by atoms with van der Waals surface area (Å²) in [6.45, 7) is 2.75. The molecule has 0 fully saturated rings. The summed E-state index contributed by atoms with van der Waals surface area (Å²) in [5.74, 6) is -0.161. The number of amides is 1. The second kappa shape index (κ2) is 6.96. The van der Waals surface area contributed by atoms with Crippen LogP contribution >= 0.6 is 11.8 Å². The van der Waals surface area contributed by atoms with Crippen LogP contribution in [0.1, 0.15) is 17.3 Å². The van der Waals surface area contributed by atoms with Gasteiger partial charge in [-0.1, -0.05) is 0 Å². The number of aromatic nitrogens is 1. The zero-order valence-corrected chi connectivity index (χ0v) is 12.3. The van der Waals surface area contributed by atoms with Crippen LogP contribution in [-0.2, 0) is 0 Å². The number of anilines is 2. The van der Waals surface area contributed by atoms with Crippen molar-refractivity contribution in [3.63, 3.8) is 0 Å². The second-order valence-electron chi connectivity index (χ2n) is 4.13. The molecule has 1 heterocycles. The predicted octanol–water partition coefficient (Wildman–Crippen LogP) is 3.49. The van der Waals surface area contributed by atoms with Crippen molar-refractivity contribution in [1.82, 2.24) is 4.98 Å². The molecule has 0 spiro atoms. The van der Waals surface area contributed by atoms with Crippen LogP contribution in [0.4, 0.5) is 11.4 Å². The molecule has 1 aromatic carbocycles. The summed E-state index contributed by atoms with van der Waals surface area (Å²) < 4.78 is 0. The molecule has 1 amide bonds. The first-order chi connectivity index (χ1) is 9.74. The number of rotatable bonds is 5. The van der Waals surface area contributed by atoms with E-state index in [-0.39, 0.29) is 5.91 Å². The maximum atomic E-state index is 12.3. The molecule has 0 bridgehead atoms. The van der Waals surface area contributed by atoms with Crippen molar-refractivity contribution in [3.05, 3.63) is 48.3 Å². The van der Waals surface area contributed by atoms with E-state index < -0.39 is 0 Å². The number of hydrogen-bond acceptors (Lipinski definition) is 4. The van der Waals surface area contributed by atoms with Gasteiger partial charge in [-0.2, -0.15) is 0 Å². The van der Waals surface area contributed by atoms with E-state index in [0.717, 1.165) is 22.8 Å². The third-order valence-corrected chi connectivity index (χ3v) is 3.52. The molecule has 1 aromatic heterocycles.